The summed E-state index contributed by atoms with van der Waals surface area (Å²) in [6.07, 6.45) is 1.64. The van der Waals surface area contributed by atoms with Crippen molar-refractivity contribution in [2.75, 3.05) is 12.8 Å². The largest absolute Gasteiger partial charge is 0.384 e. The van der Waals surface area contributed by atoms with Crippen molar-refractivity contribution in [2.24, 2.45) is 10.7 Å². The maximum atomic E-state index is 13.0. The van der Waals surface area contributed by atoms with E-state index in [0.29, 0.717) is 26.8 Å². The number of pyridine rings is 1. The number of Topliss-reactive ketones (excluding diaryl/α,β-unsaturated/α-hetero) is 1. The summed E-state index contributed by atoms with van der Waals surface area (Å²) in [5.74, 6) is -0.626. The standard InChI is InChI=1S/C24H20ClN3O4S2/c1-27-23(26)17-4-7-20-16(13-17)10-11-28(24(20)30)18-5-2-15(3-6-18)12-19(29)14-34(31,32)22-9-8-21(25)33-22/h2-11,13H,12,14H2,1H3,(H2,26,27). The first-order valence-electron chi connectivity index (χ1n) is 10.1. The van der Waals surface area contributed by atoms with Gasteiger partial charge in [0, 0.05) is 36.3 Å². The molecule has 4 rings (SSSR count). The van der Waals surface area contributed by atoms with Gasteiger partial charge in [-0.3, -0.25) is 19.1 Å². The van der Waals surface area contributed by atoms with Crippen molar-refractivity contribution in [1.82, 2.24) is 4.57 Å². The van der Waals surface area contributed by atoms with Gasteiger partial charge in [0.2, 0.25) is 0 Å². The highest BCUT2D eigenvalue weighted by Gasteiger charge is 2.21. The molecule has 0 spiro atoms. The molecule has 0 radical (unpaired) electrons. The van der Waals surface area contributed by atoms with Gasteiger partial charge >= 0.3 is 0 Å². The van der Waals surface area contributed by atoms with Crippen LogP contribution in [0.25, 0.3) is 16.5 Å². The first-order chi connectivity index (χ1) is 16.2. The molecule has 0 amide bonds. The van der Waals surface area contributed by atoms with Crippen LogP contribution in [0.4, 0.5) is 0 Å². The Balaban J connectivity index is 1.52. The molecule has 34 heavy (non-hydrogen) atoms. The van der Waals surface area contributed by atoms with E-state index in [-0.39, 0.29) is 16.2 Å². The average Bonchev–Trinajstić information content (AvgIpc) is 3.26. The van der Waals surface area contributed by atoms with Gasteiger partial charge in [-0.05, 0) is 53.4 Å². The summed E-state index contributed by atoms with van der Waals surface area (Å²) < 4.78 is 26.7. The van der Waals surface area contributed by atoms with Crippen LogP contribution in [0.2, 0.25) is 4.34 Å². The average molecular weight is 514 g/mol. The molecule has 4 aromatic rings. The van der Waals surface area contributed by atoms with Crippen LogP contribution < -0.4 is 11.3 Å². The Bertz CT molecular complexity index is 1590. The molecule has 0 bridgehead atoms. The molecular weight excluding hydrogens is 494 g/mol. The fourth-order valence-corrected chi connectivity index (χ4v) is 6.35. The minimum absolute atomic E-state index is 0.0333. The highest BCUT2D eigenvalue weighted by atomic mass is 35.5. The van der Waals surface area contributed by atoms with E-state index in [4.69, 9.17) is 17.3 Å². The smallest absolute Gasteiger partial charge is 0.262 e. The Morgan fingerprint density at radius 1 is 1.09 bits per heavy atom. The van der Waals surface area contributed by atoms with E-state index in [9.17, 15) is 18.0 Å². The van der Waals surface area contributed by atoms with Gasteiger partial charge in [-0.2, -0.15) is 0 Å². The van der Waals surface area contributed by atoms with Crippen molar-refractivity contribution >= 4 is 55.2 Å². The third-order valence-electron chi connectivity index (χ3n) is 5.26. The molecule has 0 aliphatic carbocycles. The van der Waals surface area contributed by atoms with Gasteiger partial charge in [0.25, 0.3) is 5.56 Å². The van der Waals surface area contributed by atoms with Crippen LogP contribution >= 0.6 is 22.9 Å². The quantitative estimate of drug-likeness (QED) is 0.299. The van der Waals surface area contributed by atoms with Gasteiger partial charge in [-0.25, -0.2) is 8.42 Å². The maximum Gasteiger partial charge on any atom is 0.262 e. The maximum absolute atomic E-state index is 13.0. The fraction of sp³-hybridized carbons (Fsp3) is 0.125. The SMILES string of the molecule is CN=C(N)c1ccc2c(=O)n(-c3ccc(CC(=O)CS(=O)(=O)c4ccc(Cl)s4)cc3)ccc2c1. The molecule has 2 heterocycles. The lowest BCUT2D eigenvalue weighted by Crippen LogP contribution is -2.19. The van der Waals surface area contributed by atoms with Gasteiger partial charge in [0.15, 0.2) is 15.6 Å². The number of hydrogen-bond acceptors (Lipinski definition) is 6. The van der Waals surface area contributed by atoms with E-state index in [1.165, 1.54) is 16.7 Å². The number of aliphatic imine (C=N–C) groups is 1. The van der Waals surface area contributed by atoms with Crippen LogP contribution in [-0.4, -0.2) is 37.4 Å². The monoisotopic (exact) mass is 513 g/mol. The van der Waals surface area contributed by atoms with Crippen LogP contribution in [0.15, 0.2) is 80.9 Å². The minimum Gasteiger partial charge on any atom is -0.384 e. The van der Waals surface area contributed by atoms with Crippen LogP contribution in [0.1, 0.15) is 11.1 Å². The van der Waals surface area contributed by atoms with Crippen LogP contribution in [0.5, 0.6) is 0 Å². The number of fused-ring (bicyclic) bond motifs is 1. The van der Waals surface area contributed by atoms with E-state index in [0.717, 1.165) is 22.3 Å². The van der Waals surface area contributed by atoms with E-state index >= 15 is 0 Å². The lowest BCUT2D eigenvalue weighted by molar-refractivity contribution is -0.116. The second-order valence-electron chi connectivity index (χ2n) is 7.60. The number of benzene rings is 2. The van der Waals surface area contributed by atoms with E-state index in [1.807, 2.05) is 12.1 Å². The molecule has 2 N–H and O–H groups in total. The topological polar surface area (TPSA) is 112 Å². The first kappa shape index (κ1) is 23.9. The Morgan fingerprint density at radius 3 is 2.47 bits per heavy atom. The summed E-state index contributed by atoms with van der Waals surface area (Å²) in [6.45, 7) is 0. The molecule has 0 aliphatic heterocycles. The number of aromatic nitrogens is 1. The molecule has 0 saturated carbocycles. The predicted molar refractivity (Wildman–Crippen MR) is 136 cm³/mol. The summed E-state index contributed by atoms with van der Waals surface area (Å²) in [4.78, 5) is 29.4. The Kier molecular flexibility index (Phi) is 6.70. The predicted octanol–water partition coefficient (Wildman–Crippen LogP) is 3.63. The number of halogens is 1. The van der Waals surface area contributed by atoms with Crippen LogP contribution in [-0.2, 0) is 21.1 Å². The third kappa shape index (κ3) is 4.96. The van der Waals surface area contributed by atoms with Crippen molar-refractivity contribution in [3.05, 3.63) is 92.7 Å². The number of nitrogens with two attached hydrogens (primary N) is 1. The molecule has 0 saturated heterocycles. The molecule has 0 atom stereocenters. The van der Waals surface area contributed by atoms with Gasteiger partial charge in [-0.1, -0.05) is 29.8 Å². The third-order valence-corrected chi connectivity index (χ3v) is 8.75. The summed E-state index contributed by atoms with van der Waals surface area (Å²) in [6, 6.07) is 16.9. The zero-order valence-corrected chi connectivity index (χ0v) is 20.5. The first-order valence-corrected chi connectivity index (χ1v) is 13.0. The van der Waals surface area contributed by atoms with Crippen molar-refractivity contribution in [3.8, 4) is 5.69 Å². The van der Waals surface area contributed by atoms with Gasteiger partial charge < -0.3 is 5.73 Å². The Morgan fingerprint density at radius 2 is 1.82 bits per heavy atom. The molecule has 2 aromatic heterocycles. The number of amidine groups is 1. The molecular formula is C24H20ClN3O4S2. The summed E-state index contributed by atoms with van der Waals surface area (Å²) in [5.41, 5.74) is 7.69. The van der Waals surface area contributed by atoms with E-state index < -0.39 is 21.4 Å². The molecule has 7 nitrogen and oxygen atoms in total. The zero-order valence-electron chi connectivity index (χ0n) is 18.1. The summed E-state index contributed by atoms with van der Waals surface area (Å²) >= 11 is 6.73. The molecule has 0 unspecified atom stereocenters. The van der Waals surface area contributed by atoms with Gasteiger partial charge in [0.05, 0.1) is 4.34 Å². The fourth-order valence-electron chi connectivity index (χ4n) is 3.54. The van der Waals surface area contributed by atoms with Crippen molar-refractivity contribution in [2.45, 2.75) is 10.6 Å². The minimum atomic E-state index is -3.72. The molecule has 0 aliphatic rings. The Labute approximate surface area is 205 Å². The Hall–Kier alpha value is -3.27. The number of rotatable bonds is 7. The molecule has 0 fully saturated rings. The molecule has 10 heteroatoms. The van der Waals surface area contributed by atoms with E-state index in [2.05, 4.69) is 4.99 Å². The number of sulfone groups is 1. The van der Waals surface area contributed by atoms with Crippen LogP contribution in [0.3, 0.4) is 0 Å². The van der Waals surface area contributed by atoms with Crippen molar-refractivity contribution < 1.29 is 13.2 Å². The lowest BCUT2D eigenvalue weighted by atomic mass is 10.1. The number of hydrogen-bond donors (Lipinski definition) is 1. The normalized spacial score (nSPS) is 12.2. The molecule has 2 aromatic carbocycles. The number of nitrogens with zero attached hydrogens (tertiary/aromatic N) is 2. The number of ketones is 1. The highest BCUT2D eigenvalue weighted by molar-refractivity contribution is 7.94. The zero-order chi connectivity index (χ0) is 24.5. The lowest BCUT2D eigenvalue weighted by Gasteiger charge is -2.09. The number of carbonyl (C=O) groups is 1. The van der Waals surface area contributed by atoms with Crippen molar-refractivity contribution in [1.29, 1.82) is 0 Å². The number of carbonyl (C=O) groups excluding carboxylic acids is 1. The van der Waals surface area contributed by atoms with Crippen LogP contribution in [0, 0.1) is 0 Å². The summed E-state index contributed by atoms with van der Waals surface area (Å²) in [7, 11) is -2.12. The highest BCUT2D eigenvalue weighted by Crippen LogP contribution is 2.26. The van der Waals surface area contributed by atoms with Gasteiger partial charge in [-0.15, -0.1) is 11.3 Å². The second kappa shape index (κ2) is 9.54. The van der Waals surface area contributed by atoms with Gasteiger partial charge in [0.1, 0.15) is 15.8 Å². The van der Waals surface area contributed by atoms with Crippen molar-refractivity contribution in [3.63, 3.8) is 0 Å². The number of thiophene rings is 1. The summed E-state index contributed by atoms with van der Waals surface area (Å²) in [5, 5.41) is 1.29. The second-order valence-corrected chi connectivity index (χ2v) is 11.5. The molecule has 174 valence electrons. The van der Waals surface area contributed by atoms with E-state index in [1.54, 1.807) is 49.6 Å².